The highest BCUT2D eigenvalue weighted by Crippen LogP contribution is 2.62. The van der Waals surface area contributed by atoms with E-state index in [9.17, 15) is 0 Å². The first-order valence-corrected chi connectivity index (χ1v) is 16.8. The smallest absolute Gasteiger partial charge is 0.0725 e. The minimum Gasteiger partial charge on any atom is -0.0888 e. The summed E-state index contributed by atoms with van der Waals surface area (Å²) in [5, 5.41) is 5.35. The van der Waals surface area contributed by atoms with Crippen LogP contribution in [0.2, 0.25) is 0 Å². The summed E-state index contributed by atoms with van der Waals surface area (Å²) in [4.78, 5) is 2.66. The van der Waals surface area contributed by atoms with Crippen LogP contribution in [0.4, 0.5) is 0 Å². The molecule has 1 aliphatic heterocycles. The lowest BCUT2D eigenvalue weighted by atomic mass is 9.61. The molecule has 0 nitrogen and oxygen atoms in total. The van der Waals surface area contributed by atoms with Crippen LogP contribution < -0.4 is 0 Å². The van der Waals surface area contributed by atoms with Gasteiger partial charge in [0.15, 0.2) is 0 Å². The third-order valence-electron chi connectivity index (χ3n) is 10.7. The second kappa shape index (κ2) is 8.88. The molecule has 1 heterocycles. The lowest BCUT2D eigenvalue weighted by Gasteiger charge is -2.40. The van der Waals surface area contributed by atoms with Crippen molar-refractivity contribution in [3.8, 4) is 44.5 Å². The highest BCUT2D eigenvalue weighted by molar-refractivity contribution is 7.99. The van der Waals surface area contributed by atoms with Crippen molar-refractivity contribution in [1.29, 1.82) is 0 Å². The van der Waals surface area contributed by atoms with E-state index in [2.05, 4.69) is 158 Å². The van der Waals surface area contributed by atoms with E-state index in [1.54, 1.807) is 0 Å². The van der Waals surface area contributed by atoms with Crippen LogP contribution in [0.15, 0.2) is 168 Å². The molecule has 0 saturated heterocycles. The van der Waals surface area contributed by atoms with Gasteiger partial charge in [-0.2, -0.15) is 0 Å². The van der Waals surface area contributed by atoms with Gasteiger partial charge >= 0.3 is 0 Å². The number of rotatable bonds is 1. The number of benzene rings is 8. The third-order valence-corrected chi connectivity index (χ3v) is 11.8. The van der Waals surface area contributed by atoms with E-state index in [4.69, 9.17) is 0 Å². The van der Waals surface area contributed by atoms with Crippen molar-refractivity contribution in [3.63, 3.8) is 0 Å². The molecule has 8 aromatic rings. The molecule has 0 fully saturated rings. The van der Waals surface area contributed by atoms with Gasteiger partial charge in [0.1, 0.15) is 0 Å². The molecule has 1 atom stereocenters. The lowest BCUT2D eigenvalue weighted by Crippen LogP contribution is -2.31. The SMILES string of the molecule is c1ccc2c(c1)-c1ccc(-c3ccc4c(c3)Sc3cccc5cccc-4c35)cc1C21c2ccccc2-c2cccc3cccc1c23. The molecule has 1 spiro atoms. The van der Waals surface area contributed by atoms with Crippen LogP contribution in [0.3, 0.4) is 0 Å². The highest BCUT2D eigenvalue weighted by atomic mass is 32.2. The largest absolute Gasteiger partial charge is 0.0888 e. The Bertz CT molecular complexity index is 2610. The molecule has 2 aliphatic carbocycles. The summed E-state index contributed by atoms with van der Waals surface area (Å²) in [6.07, 6.45) is 0. The molecule has 1 unspecified atom stereocenters. The fourth-order valence-corrected chi connectivity index (χ4v) is 10.0. The van der Waals surface area contributed by atoms with Crippen molar-refractivity contribution in [3.05, 3.63) is 180 Å². The van der Waals surface area contributed by atoms with E-state index in [1.165, 1.54) is 98.1 Å². The van der Waals surface area contributed by atoms with E-state index < -0.39 is 5.41 Å². The summed E-state index contributed by atoms with van der Waals surface area (Å²) < 4.78 is 0. The molecule has 11 rings (SSSR count). The van der Waals surface area contributed by atoms with Crippen LogP contribution >= 0.6 is 11.8 Å². The van der Waals surface area contributed by atoms with Gasteiger partial charge in [0.2, 0.25) is 0 Å². The highest BCUT2D eigenvalue weighted by Gasteiger charge is 2.50. The van der Waals surface area contributed by atoms with Gasteiger partial charge in [-0.25, -0.2) is 0 Å². The van der Waals surface area contributed by atoms with Gasteiger partial charge in [0, 0.05) is 15.2 Å². The zero-order valence-corrected chi connectivity index (χ0v) is 25.7. The first-order valence-electron chi connectivity index (χ1n) is 16.0. The summed E-state index contributed by atoms with van der Waals surface area (Å²) in [5.74, 6) is 0. The maximum Gasteiger partial charge on any atom is 0.0725 e. The summed E-state index contributed by atoms with van der Waals surface area (Å²) >= 11 is 1.90. The van der Waals surface area contributed by atoms with Crippen LogP contribution in [0.5, 0.6) is 0 Å². The standard InChI is InChI=1S/C45H26S/c1-3-17-37-31(13-1)33-23-21-29(30-22-24-34-36-16-6-10-28-12-8-20-41(44(28)36)46-42(34)26-30)25-40(33)45(37)38-18-4-2-14-32(38)35-15-5-9-27-11-7-19-39(45)43(27)35/h1-26H. The van der Waals surface area contributed by atoms with Gasteiger partial charge in [-0.05, 0) is 101 Å². The molecule has 0 radical (unpaired) electrons. The Morgan fingerprint density at radius 1 is 0.326 bits per heavy atom. The fraction of sp³-hybridized carbons (Fsp3) is 0.0222. The monoisotopic (exact) mass is 598 g/mol. The van der Waals surface area contributed by atoms with Gasteiger partial charge in [-0.15, -0.1) is 0 Å². The van der Waals surface area contributed by atoms with E-state index in [1.807, 2.05) is 11.8 Å². The van der Waals surface area contributed by atoms with Crippen molar-refractivity contribution in [1.82, 2.24) is 0 Å². The first kappa shape index (κ1) is 24.9. The van der Waals surface area contributed by atoms with Crippen molar-refractivity contribution >= 4 is 33.3 Å². The van der Waals surface area contributed by atoms with Crippen LogP contribution in [-0.4, -0.2) is 0 Å². The second-order valence-corrected chi connectivity index (χ2v) is 13.9. The molecular formula is C45H26S. The molecule has 0 saturated carbocycles. The van der Waals surface area contributed by atoms with Crippen molar-refractivity contribution in [2.75, 3.05) is 0 Å². The zero-order chi connectivity index (χ0) is 30.0. The third kappa shape index (κ3) is 3.02. The Morgan fingerprint density at radius 3 is 1.61 bits per heavy atom. The van der Waals surface area contributed by atoms with Gasteiger partial charge < -0.3 is 0 Å². The number of hydrogen-bond acceptors (Lipinski definition) is 1. The van der Waals surface area contributed by atoms with Crippen molar-refractivity contribution in [2.45, 2.75) is 15.2 Å². The molecule has 0 bridgehead atoms. The number of hydrogen-bond donors (Lipinski definition) is 0. The maximum absolute atomic E-state index is 2.50. The van der Waals surface area contributed by atoms with Crippen LogP contribution in [0, 0.1) is 0 Å². The van der Waals surface area contributed by atoms with E-state index >= 15 is 0 Å². The van der Waals surface area contributed by atoms with Crippen molar-refractivity contribution in [2.24, 2.45) is 0 Å². The summed E-state index contributed by atoms with van der Waals surface area (Å²) in [5.41, 5.74) is 15.6. The Labute approximate surface area is 272 Å². The topological polar surface area (TPSA) is 0 Å². The lowest BCUT2D eigenvalue weighted by molar-refractivity contribution is 0.774. The predicted molar refractivity (Wildman–Crippen MR) is 193 cm³/mol. The summed E-state index contributed by atoms with van der Waals surface area (Å²) in [7, 11) is 0. The Morgan fingerprint density at radius 2 is 0.848 bits per heavy atom. The summed E-state index contributed by atoms with van der Waals surface area (Å²) in [6.45, 7) is 0. The minimum atomic E-state index is -0.399. The minimum absolute atomic E-state index is 0.399. The Hall–Kier alpha value is -5.37. The van der Waals surface area contributed by atoms with Gasteiger partial charge in [0.05, 0.1) is 5.41 Å². The Balaban J connectivity index is 1.18. The first-order chi connectivity index (χ1) is 22.8. The predicted octanol–water partition coefficient (Wildman–Crippen LogP) is 12.1. The van der Waals surface area contributed by atoms with E-state index in [0.717, 1.165) is 0 Å². The average molecular weight is 599 g/mol. The number of fused-ring (bicyclic) bond motifs is 11. The normalized spacial score (nSPS) is 16.3. The van der Waals surface area contributed by atoms with Gasteiger partial charge in [0.25, 0.3) is 0 Å². The Kier molecular flexibility index (Phi) is 4.80. The van der Waals surface area contributed by atoms with Crippen LogP contribution in [0.25, 0.3) is 66.1 Å². The molecule has 1 heteroatoms. The molecule has 0 amide bonds. The second-order valence-electron chi connectivity index (χ2n) is 12.8. The molecule has 0 aromatic heterocycles. The van der Waals surface area contributed by atoms with Gasteiger partial charge in [-0.1, -0.05) is 151 Å². The fourth-order valence-electron chi connectivity index (χ4n) is 8.85. The summed E-state index contributed by atoms with van der Waals surface area (Å²) in [6, 6.07) is 59.6. The zero-order valence-electron chi connectivity index (χ0n) is 24.9. The maximum atomic E-state index is 2.50. The van der Waals surface area contributed by atoms with E-state index in [-0.39, 0.29) is 0 Å². The molecule has 46 heavy (non-hydrogen) atoms. The molecule has 8 aromatic carbocycles. The average Bonchev–Trinajstić information content (AvgIpc) is 3.41. The van der Waals surface area contributed by atoms with E-state index in [0.29, 0.717) is 0 Å². The van der Waals surface area contributed by atoms with Gasteiger partial charge in [-0.3, -0.25) is 0 Å². The van der Waals surface area contributed by atoms with Crippen LogP contribution in [-0.2, 0) is 5.41 Å². The molecule has 3 aliphatic rings. The molecule has 212 valence electrons. The quantitative estimate of drug-likeness (QED) is 0.181. The van der Waals surface area contributed by atoms with Crippen LogP contribution in [0.1, 0.15) is 22.3 Å². The van der Waals surface area contributed by atoms with Crippen molar-refractivity contribution < 1.29 is 0 Å². The molecule has 0 N–H and O–H groups in total. The molecular weight excluding hydrogens is 573 g/mol.